The zero-order valence-corrected chi connectivity index (χ0v) is 14.4. The first-order valence-electron chi connectivity index (χ1n) is 8.62. The summed E-state index contributed by atoms with van der Waals surface area (Å²) in [6, 6.07) is 16.8. The SMILES string of the molecule is CCN1CCN(/C(=N/c2ccccc2)c2ccc(C(=O)O)cc2)CC1. The van der Waals surface area contributed by atoms with Gasteiger partial charge in [-0.25, -0.2) is 9.79 Å². The molecular weight excluding hydrogens is 314 g/mol. The fourth-order valence-corrected chi connectivity index (χ4v) is 2.98. The number of benzene rings is 2. The van der Waals surface area contributed by atoms with Gasteiger partial charge in [-0.3, -0.25) is 0 Å². The molecule has 5 nitrogen and oxygen atoms in total. The molecule has 2 aromatic carbocycles. The number of hydrogen-bond acceptors (Lipinski definition) is 3. The highest BCUT2D eigenvalue weighted by atomic mass is 16.4. The van der Waals surface area contributed by atoms with Crippen molar-refractivity contribution >= 4 is 17.5 Å². The summed E-state index contributed by atoms with van der Waals surface area (Å²) >= 11 is 0. The van der Waals surface area contributed by atoms with Gasteiger partial charge in [0.2, 0.25) is 0 Å². The zero-order valence-electron chi connectivity index (χ0n) is 14.4. The number of likely N-dealkylation sites (N-methyl/N-ethyl adjacent to an activating group) is 1. The topological polar surface area (TPSA) is 56.1 Å². The molecule has 1 aliphatic rings. The second-order valence-corrected chi connectivity index (χ2v) is 6.07. The van der Waals surface area contributed by atoms with Crippen molar-refractivity contribution in [3.8, 4) is 0 Å². The van der Waals surface area contributed by atoms with Gasteiger partial charge in [-0.15, -0.1) is 0 Å². The number of para-hydroxylation sites is 1. The molecular formula is C20H23N3O2. The van der Waals surface area contributed by atoms with E-state index in [9.17, 15) is 4.79 Å². The lowest BCUT2D eigenvalue weighted by Crippen LogP contribution is -2.48. The van der Waals surface area contributed by atoms with Crippen LogP contribution in [0.4, 0.5) is 5.69 Å². The average Bonchev–Trinajstić information content (AvgIpc) is 2.67. The second kappa shape index (κ2) is 7.94. The van der Waals surface area contributed by atoms with Crippen molar-refractivity contribution in [2.24, 2.45) is 4.99 Å². The molecule has 0 bridgehead atoms. The van der Waals surface area contributed by atoms with Crippen molar-refractivity contribution in [3.05, 3.63) is 65.7 Å². The molecule has 3 rings (SSSR count). The van der Waals surface area contributed by atoms with Gasteiger partial charge in [0, 0.05) is 31.7 Å². The summed E-state index contributed by atoms with van der Waals surface area (Å²) in [7, 11) is 0. The number of hydrogen-bond donors (Lipinski definition) is 1. The Bertz CT molecular complexity index is 733. The van der Waals surface area contributed by atoms with Crippen molar-refractivity contribution in [1.82, 2.24) is 9.80 Å². The van der Waals surface area contributed by atoms with Crippen molar-refractivity contribution < 1.29 is 9.90 Å². The first kappa shape index (κ1) is 17.2. The van der Waals surface area contributed by atoms with E-state index >= 15 is 0 Å². The average molecular weight is 337 g/mol. The molecule has 0 unspecified atom stereocenters. The van der Waals surface area contributed by atoms with E-state index < -0.39 is 5.97 Å². The third-order valence-electron chi connectivity index (χ3n) is 4.50. The number of nitrogens with zero attached hydrogens (tertiary/aromatic N) is 3. The number of carboxylic acid groups (broad SMARTS) is 1. The van der Waals surface area contributed by atoms with Crippen molar-refractivity contribution in [3.63, 3.8) is 0 Å². The van der Waals surface area contributed by atoms with E-state index in [0.29, 0.717) is 5.56 Å². The van der Waals surface area contributed by atoms with Crippen LogP contribution in [-0.2, 0) is 0 Å². The standard InChI is InChI=1S/C20H23N3O2/c1-2-22-12-14-23(15-13-22)19(21-18-6-4-3-5-7-18)16-8-10-17(11-9-16)20(24)25/h3-11H,2,12-15H2,1H3,(H,24,25)/b21-19+. The first-order valence-corrected chi connectivity index (χ1v) is 8.62. The maximum atomic E-state index is 11.1. The molecule has 1 aliphatic heterocycles. The normalized spacial score (nSPS) is 16.0. The largest absolute Gasteiger partial charge is 0.478 e. The summed E-state index contributed by atoms with van der Waals surface area (Å²) in [5, 5.41) is 9.11. The number of carbonyl (C=O) groups is 1. The van der Waals surface area contributed by atoms with Crippen LogP contribution < -0.4 is 0 Å². The molecule has 0 aromatic heterocycles. The second-order valence-electron chi connectivity index (χ2n) is 6.07. The van der Waals surface area contributed by atoms with E-state index in [2.05, 4.69) is 16.7 Å². The van der Waals surface area contributed by atoms with E-state index in [0.717, 1.165) is 49.8 Å². The minimum absolute atomic E-state index is 0.290. The number of amidine groups is 1. The fraction of sp³-hybridized carbons (Fsp3) is 0.300. The van der Waals surface area contributed by atoms with Crippen molar-refractivity contribution in [1.29, 1.82) is 0 Å². The summed E-state index contributed by atoms with van der Waals surface area (Å²) in [5.74, 6) is -0.0106. The van der Waals surface area contributed by atoms with Crippen LogP contribution in [0.15, 0.2) is 59.6 Å². The quantitative estimate of drug-likeness (QED) is 0.688. The fourth-order valence-electron chi connectivity index (χ4n) is 2.98. The van der Waals surface area contributed by atoms with Gasteiger partial charge in [0.05, 0.1) is 11.3 Å². The summed E-state index contributed by atoms with van der Waals surface area (Å²) in [4.78, 5) is 20.7. The Morgan fingerprint density at radius 1 is 0.960 bits per heavy atom. The van der Waals surface area contributed by atoms with Gasteiger partial charge in [-0.2, -0.15) is 0 Å². The molecule has 5 heteroatoms. The lowest BCUT2D eigenvalue weighted by Gasteiger charge is -2.36. The molecule has 0 radical (unpaired) electrons. The lowest BCUT2D eigenvalue weighted by atomic mass is 10.1. The van der Waals surface area contributed by atoms with Crippen molar-refractivity contribution in [2.45, 2.75) is 6.92 Å². The highest BCUT2D eigenvalue weighted by Gasteiger charge is 2.20. The predicted molar refractivity (Wildman–Crippen MR) is 99.7 cm³/mol. The minimum atomic E-state index is -0.912. The molecule has 1 saturated heterocycles. The van der Waals surface area contributed by atoms with Crippen LogP contribution in [0.2, 0.25) is 0 Å². The third-order valence-corrected chi connectivity index (χ3v) is 4.50. The highest BCUT2D eigenvalue weighted by Crippen LogP contribution is 2.17. The van der Waals surface area contributed by atoms with E-state index in [1.807, 2.05) is 42.5 Å². The van der Waals surface area contributed by atoms with Gasteiger partial charge < -0.3 is 14.9 Å². The van der Waals surface area contributed by atoms with E-state index in [4.69, 9.17) is 10.1 Å². The molecule has 0 spiro atoms. The number of rotatable bonds is 4. The van der Waals surface area contributed by atoms with Gasteiger partial charge in [-0.1, -0.05) is 37.3 Å². The van der Waals surface area contributed by atoms with Crippen LogP contribution in [-0.4, -0.2) is 59.4 Å². The molecule has 130 valence electrons. The minimum Gasteiger partial charge on any atom is -0.478 e. The van der Waals surface area contributed by atoms with Gasteiger partial charge in [0.25, 0.3) is 0 Å². The van der Waals surface area contributed by atoms with Gasteiger partial charge in [0.15, 0.2) is 0 Å². The van der Waals surface area contributed by atoms with Crippen LogP contribution >= 0.6 is 0 Å². The first-order chi connectivity index (χ1) is 12.2. The Hall–Kier alpha value is -2.66. The maximum Gasteiger partial charge on any atom is 0.335 e. The van der Waals surface area contributed by atoms with Crippen LogP contribution in [0, 0.1) is 0 Å². The maximum absolute atomic E-state index is 11.1. The van der Waals surface area contributed by atoms with Crippen molar-refractivity contribution in [2.75, 3.05) is 32.7 Å². The molecule has 25 heavy (non-hydrogen) atoms. The van der Waals surface area contributed by atoms with Crippen LogP contribution in [0.5, 0.6) is 0 Å². The van der Waals surface area contributed by atoms with Gasteiger partial charge in [-0.05, 0) is 30.8 Å². The van der Waals surface area contributed by atoms with E-state index in [-0.39, 0.29) is 0 Å². The Kier molecular flexibility index (Phi) is 5.46. The Morgan fingerprint density at radius 2 is 1.56 bits per heavy atom. The van der Waals surface area contributed by atoms with Gasteiger partial charge >= 0.3 is 5.97 Å². The molecule has 1 N–H and O–H groups in total. The van der Waals surface area contributed by atoms with E-state index in [1.165, 1.54) is 0 Å². The summed E-state index contributed by atoms with van der Waals surface area (Å²) in [6.45, 7) is 7.10. The molecule has 1 fully saturated rings. The Labute approximate surface area is 148 Å². The molecule has 0 aliphatic carbocycles. The monoisotopic (exact) mass is 337 g/mol. The molecule has 0 saturated carbocycles. The molecule has 2 aromatic rings. The van der Waals surface area contributed by atoms with Crippen LogP contribution in [0.3, 0.4) is 0 Å². The van der Waals surface area contributed by atoms with Crippen LogP contribution in [0.1, 0.15) is 22.8 Å². The van der Waals surface area contributed by atoms with Gasteiger partial charge in [0.1, 0.15) is 5.84 Å². The highest BCUT2D eigenvalue weighted by molar-refractivity contribution is 6.01. The zero-order chi connectivity index (χ0) is 17.6. The Morgan fingerprint density at radius 3 is 2.12 bits per heavy atom. The molecule has 0 amide bonds. The Balaban J connectivity index is 1.92. The molecule has 1 heterocycles. The summed E-state index contributed by atoms with van der Waals surface area (Å²) < 4.78 is 0. The molecule has 0 atom stereocenters. The third kappa shape index (κ3) is 4.25. The number of aliphatic imine (C=N–C) groups is 1. The summed E-state index contributed by atoms with van der Waals surface area (Å²) in [6.07, 6.45) is 0. The summed E-state index contributed by atoms with van der Waals surface area (Å²) in [5.41, 5.74) is 2.13. The van der Waals surface area contributed by atoms with Crippen LogP contribution in [0.25, 0.3) is 0 Å². The smallest absolute Gasteiger partial charge is 0.335 e. The number of aromatic carboxylic acids is 1. The van der Waals surface area contributed by atoms with E-state index in [1.54, 1.807) is 12.1 Å². The number of piperazine rings is 1. The number of carboxylic acids is 1. The lowest BCUT2D eigenvalue weighted by molar-refractivity contribution is 0.0697. The predicted octanol–water partition coefficient (Wildman–Crippen LogP) is 3.10.